The van der Waals surface area contributed by atoms with Gasteiger partial charge < -0.3 is 0 Å². The molecule has 2 rings (SSSR count). The highest BCUT2D eigenvalue weighted by Gasteiger charge is 2.19. The number of hydrogen-bond acceptors (Lipinski definition) is 2. The predicted octanol–water partition coefficient (Wildman–Crippen LogP) is 3.16. The summed E-state index contributed by atoms with van der Waals surface area (Å²) < 4.78 is 13.0. The van der Waals surface area contributed by atoms with Crippen molar-refractivity contribution in [2.24, 2.45) is 0 Å². The second-order valence-electron chi connectivity index (χ2n) is 2.78. The van der Waals surface area contributed by atoms with Crippen LogP contribution in [-0.2, 0) is 0 Å². The van der Waals surface area contributed by atoms with Crippen LogP contribution in [0.4, 0.5) is 4.39 Å². The molecule has 0 radical (unpaired) electrons. The second-order valence-corrected chi connectivity index (χ2v) is 4.33. The van der Waals surface area contributed by atoms with Crippen LogP contribution in [-0.4, -0.2) is 11.5 Å². The minimum atomic E-state index is -0.456. The van der Waals surface area contributed by atoms with Gasteiger partial charge in [0.15, 0.2) is 5.78 Å². The van der Waals surface area contributed by atoms with Crippen LogP contribution < -0.4 is 0 Å². The molecule has 0 saturated heterocycles. The number of carbonyl (C=O) groups excluding carboxylic acids is 1. The topological polar surface area (TPSA) is 17.1 Å². The molecule has 13 heavy (non-hydrogen) atoms. The zero-order valence-electron chi connectivity index (χ0n) is 6.64. The quantitative estimate of drug-likeness (QED) is 0.663. The van der Waals surface area contributed by atoms with Gasteiger partial charge in [-0.3, -0.25) is 4.79 Å². The molecule has 0 N–H and O–H groups in total. The lowest BCUT2D eigenvalue weighted by Gasteiger charge is -2.13. The zero-order chi connectivity index (χ0) is 9.42. The molecular weight excluding hydrogens is 211 g/mol. The summed E-state index contributed by atoms with van der Waals surface area (Å²) in [5.41, 5.74) is 0.558. The van der Waals surface area contributed by atoms with Crippen LogP contribution in [0.15, 0.2) is 17.0 Å². The normalized spacial score (nSPS) is 15.7. The molecule has 1 aromatic rings. The summed E-state index contributed by atoms with van der Waals surface area (Å²) >= 11 is 7.07. The summed E-state index contributed by atoms with van der Waals surface area (Å²) in [7, 11) is 0. The highest BCUT2D eigenvalue weighted by molar-refractivity contribution is 7.99. The number of halogens is 2. The van der Waals surface area contributed by atoms with E-state index in [1.54, 1.807) is 0 Å². The molecule has 1 nitrogen and oxygen atoms in total. The van der Waals surface area contributed by atoms with E-state index in [1.807, 2.05) is 0 Å². The summed E-state index contributed by atoms with van der Waals surface area (Å²) in [5.74, 6) is 0.325. The van der Waals surface area contributed by atoms with E-state index in [9.17, 15) is 9.18 Å². The molecule has 0 saturated carbocycles. The average molecular weight is 217 g/mol. The second kappa shape index (κ2) is 3.31. The number of thioether (sulfide) groups is 1. The molecule has 0 fully saturated rings. The molecule has 0 unspecified atom stereocenters. The third kappa shape index (κ3) is 1.58. The van der Waals surface area contributed by atoms with Gasteiger partial charge in [-0.05, 0) is 12.1 Å². The van der Waals surface area contributed by atoms with Gasteiger partial charge in [-0.2, -0.15) is 0 Å². The Labute approximate surface area is 84.3 Å². The minimum absolute atomic E-state index is 0.0228. The number of rotatable bonds is 0. The van der Waals surface area contributed by atoms with Crippen LogP contribution in [0.1, 0.15) is 16.8 Å². The number of Topliss-reactive ketones (excluding diaryl/α,β-unsaturated/α-hetero) is 1. The maximum atomic E-state index is 13.0. The lowest BCUT2D eigenvalue weighted by Crippen LogP contribution is -2.08. The largest absolute Gasteiger partial charge is 0.294 e. The van der Waals surface area contributed by atoms with Crippen molar-refractivity contribution in [3.63, 3.8) is 0 Å². The van der Waals surface area contributed by atoms with E-state index in [0.29, 0.717) is 16.9 Å². The molecule has 0 spiro atoms. The maximum absolute atomic E-state index is 13.0. The Morgan fingerprint density at radius 2 is 2.23 bits per heavy atom. The fourth-order valence-electron chi connectivity index (χ4n) is 1.25. The van der Waals surface area contributed by atoms with Crippen molar-refractivity contribution in [1.29, 1.82) is 0 Å². The van der Waals surface area contributed by atoms with Gasteiger partial charge in [0, 0.05) is 22.6 Å². The van der Waals surface area contributed by atoms with Crippen LogP contribution in [0.2, 0.25) is 5.02 Å². The zero-order valence-corrected chi connectivity index (χ0v) is 8.21. The molecular formula is C9H6ClFOS. The Kier molecular flexibility index (Phi) is 2.30. The van der Waals surface area contributed by atoms with Crippen LogP contribution in [0.25, 0.3) is 0 Å². The summed E-state index contributed by atoms with van der Waals surface area (Å²) in [6, 6.07) is 2.75. The molecule has 1 aliphatic heterocycles. The Bertz CT molecular complexity index is 378. The third-order valence-electron chi connectivity index (χ3n) is 1.91. The SMILES string of the molecule is O=C1CCSc2cc(F)c(Cl)cc21. The summed E-state index contributed by atoms with van der Waals surface area (Å²) in [4.78, 5) is 12.1. The van der Waals surface area contributed by atoms with Gasteiger partial charge in [0.05, 0.1) is 5.02 Å². The molecule has 1 heterocycles. The van der Waals surface area contributed by atoms with Gasteiger partial charge in [-0.1, -0.05) is 11.6 Å². The van der Waals surface area contributed by atoms with Crippen molar-refractivity contribution in [2.75, 3.05) is 5.75 Å². The van der Waals surface area contributed by atoms with Gasteiger partial charge in [-0.25, -0.2) is 4.39 Å². The standard InChI is InChI=1S/C9H6ClFOS/c10-6-3-5-8(12)1-2-13-9(5)4-7(6)11/h3-4H,1-2H2. The van der Waals surface area contributed by atoms with Gasteiger partial charge in [0.2, 0.25) is 0 Å². The fourth-order valence-corrected chi connectivity index (χ4v) is 2.44. The minimum Gasteiger partial charge on any atom is -0.294 e. The van der Waals surface area contributed by atoms with Crippen LogP contribution in [0.5, 0.6) is 0 Å². The first kappa shape index (κ1) is 9.03. The number of fused-ring (bicyclic) bond motifs is 1. The average Bonchev–Trinajstić information content (AvgIpc) is 2.09. The Balaban J connectivity index is 2.58. The van der Waals surface area contributed by atoms with Crippen molar-refractivity contribution >= 4 is 29.1 Å². The Morgan fingerprint density at radius 1 is 1.46 bits per heavy atom. The van der Waals surface area contributed by atoms with Crippen molar-refractivity contribution < 1.29 is 9.18 Å². The summed E-state index contributed by atoms with van der Waals surface area (Å²) in [5, 5.41) is 0.0228. The fraction of sp³-hybridized carbons (Fsp3) is 0.222. The van der Waals surface area contributed by atoms with Crippen molar-refractivity contribution in [3.8, 4) is 0 Å². The van der Waals surface area contributed by atoms with Gasteiger partial charge in [0.1, 0.15) is 5.82 Å². The smallest absolute Gasteiger partial charge is 0.164 e. The monoisotopic (exact) mass is 216 g/mol. The number of benzene rings is 1. The molecule has 0 aromatic heterocycles. The van der Waals surface area contributed by atoms with E-state index >= 15 is 0 Å². The van der Waals surface area contributed by atoms with Gasteiger partial charge >= 0.3 is 0 Å². The van der Waals surface area contributed by atoms with Crippen molar-refractivity contribution in [3.05, 3.63) is 28.5 Å². The number of carbonyl (C=O) groups is 1. The number of ketones is 1. The summed E-state index contributed by atoms with van der Waals surface area (Å²) in [6.07, 6.45) is 0.514. The van der Waals surface area contributed by atoms with Gasteiger partial charge in [-0.15, -0.1) is 11.8 Å². The van der Waals surface area contributed by atoms with Crippen LogP contribution >= 0.6 is 23.4 Å². The van der Waals surface area contributed by atoms with E-state index in [2.05, 4.69) is 0 Å². The highest BCUT2D eigenvalue weighted by atomic mass is 35.5. The summed E-state index contributed by atoms with van der Waals surface area (Å²) in [6.45, 7) is 0. The van der Waals surface area contributed by atoms with Crippen molar-refractivity contribution in [1.82, 2.24) is 0 Å². The molecule has 4 heteroatoms. The molecule has 0 atom stereocenters. The molecule has 68 valence electrons. The van der Waals surface area contributed by atoms with E-state index < -0.39 is 5.82 Å². The van der Waals surface area contributed by atoms with Crippen molar-refractivity contribution in [2.45, 2.75) is 11.3 Å². The third-order valence-corrected chi connectivity index (χ3v) is 3.26. The molecule has 0 bridgehead atoms. The van der Waals surface area contributed by atoms with E-state index in [1.165, 1.54) is 23.9 Å². The Morgan fingerprint density at radius 3 is 3.00 bits per heavy atom. The predicted molar refractivity (Wildman–Crippen MR) is 51.1 cm³/mol. The van der Waals surface area contributed by atoms with Gasteiger partial charge in [0.25, 0.3) is 0 Å². The molecule has 0 aliphatic carbocycles. The maximum Gasteiger partial charge on any atom is 0.164 e. The first-order chi connectivity index (χ1) is 6.18. The Hall–Kier alpha value is -0.540. The van der Waals surface area contributed by atoms with E-state index in [4.69, 9.17) is 11.6 Å². The highest BCUT2D eigenvalue weighted by Crippen LogP contribution is 2.33. The van der Waals surface area contributed by atoms with E-state index in [-0.39, 0.29) is 10.8 Å². The van der Waals surface area contributed by atoms with Crippen LogP contribution in [0.3, 0.4) is 0 Å². The van der Waals surface area contributed by atoms with Crippen LogP contribution in [0, 0.1) is 5.82 Å². The molecule has 0 amide bonds. The molecule has 1 aromatic carbocycles. The lowest BCUT2D eigenvalue weighted by atomic mass is 10.1. The lowest BCUT2D eigenvalue weighted by molar-refractivity contribution is 0.0984. The number of hydrogen-bond donors (Lipinski definition) is 0. The molecule has 1 aliphatic rings. The first-order valence-electron chi connectivity index (χ1n) is 3.83. The first-order valence-corrected chi connectivity index (χ1v) is 5.20. The van der Waals surface area contributed by atoms with E-state index in [0.717, 1.165) is 5.75 Å².